The maximum absolute atomic E-state index is 13.0. The van der Waals surface area contributed by atoms with Gasteiger partial charge in [-0.2, -0.15) is 0 Å². The van der Waals surface area contributed by atoms with Crippen LogP contribution in [0.25, 0.3) is 0 Å². The second-order valence-electron chi connectivity index (χ2n) is 5.77. The molecule has 1 aliphatic heterocycles. The first-order valence-electron chi connectivity index (χ1n) is 7.82. The van der Waals surface area contributed by atoms with Crippen LogP contribution in [-0.4, -0.2) is 52.9 Å². The van der Waals surface area contributed by atoms with Crippen molar-refractivity contribution in [2.24, 2.45) is 0 Å². The predicted molar refractivity (Wildman–Crippen MR) is 84.1 cm³/mol. The van der Waals surface area contributed by atoms with Gasteiger partial charge in [0.25, 0.3) is 11.8 Å². The molecule has 0 saturated carbocycles. The number of hydrogen-bond acceptors (Lipinski definition) is 4. The fourth-order valence-electron chi connectivity index (χ4n) is 2.73. The van der Waals surface area contributed by atoms with E-state index < -0.39 is 0 Å². The predicted octanol–water partition coefficient (Wildman–Crippen LogP) is 2.11. The molecule has 3 rings (SSSR count). The van der Waals surface area contributed by atoms with Crippen molar-refractivity contribution in [2.45, 2.75) is 13.3 Å². The van der Waals surface area contributed by atoms with Crippen LogP contribution in [0.5, 0.6) is 0 Å². The highest BCUT2D eigenvalue weighted by Crippen LogP contribution is 2.13. The lowest BCUT2D eigenvalue weighted by Crippen LogP contribution is -2.37. The zero-order valence-corrected chi connectivity index (χ0v) is 13.4. The number of benzene rings is 1. The summed E-state index contributed by atoms with van der Waals surface area (Å²) >= 11 is 0. The molecule has 1 aromatic heterocycles. The van der Waals surface area contributed by atoms with Crippen molar-refractivity contribution in [3.8, 4) is 0 Å². The number of carbonyl (C=O) groups excluding carboxylic acids is 2. The summed E-state index contributed by atoms with van der Waals surface area (Å²) in [5.74, 6) is -0.132. The van der Waals surface area contributed by atoms with Crippen LogP contribution >= 0.6 is 0 Å². The summed E-state index contributed by atoms with van der Waals surface area (Å²) in [4.78, 5) is 28.3. The molecule has 2 amide bonds. The molecule has 1 fully saturated rings. The van der Waals surface area contributed by atoms with Crippen LogP contribution in [-0.2, 0) is 0 Å². The van der Waals surface area contributed by atoms with Crippen LogP contribution in [0.1, 0.15) is 33.0 Å². The third-order valence-electron chi connectivity index (χ3n) is 4.01. The molecule has 0 N–H and O–H groups in total. The normalized spacial score (nSPS) is 15.2. The second kappa shape index (κ2) is 6.82. The second-order valence-corrected chi connectivity index (χ2v) is 5.77. The Labute approximate surface area is 138 Å². The van der Waals surface area contributed by atoms with E-state index in [0.29, 0.717) is 43.9 Å². The Bertz CT molecular complexity index is 742. The Kier molecular flexibility index (Phi) is 4.59. The maximum Gasteiger partial charge on any atom is 0.276 e. The van der Waals surface area contributed by atoms with E-state index in [1.165, 1.54) is 24.3 Å². The van der Waals surface area contributed by atoms with Gasteiger partial charge in [-0.05, 0) is 37.6 Å². The first-order valence-corrected chi connectivity index (χ1v) is 7.82. The van der Waals surface area contributed by atoms with Crippen molar-refractivity contribution in [1.82, 2.24) is 15.0 Å². The van der Waals surface area contributed by atoms with Gasteiger partial charge < -0.3 is 14.3 Å². The number of rotatable bonds is 2. The third kappa shape index (κ3) is 3.45. The lowest BCUT2D eigenvalue weighted by atomic mass is 10.2. The third-order valence-corrected chi connectivity index (χ3v) is 4.01. The standard InChI is InChI=1S/C17H18FN3O3/c1-12-11-15(19-24-12)17(23)21-8-2-7-20(9-10-21)16(22)13-3-5-14(18)6-4-13/h3-6,11H,2,7-10H2,1H3. The van der Waals surface area contributed by atoms with Gasteiger partial charge in [-0.1, -0.05) is 5.16 Å². The molecule has 0 spiro atoms. The Morgan fingerprint density at radius 1 is 1.04 bits per heavy atom. The van der Waals surface area contributed by atoms with E-state index >= 15 is 0 Å². The van der Waals surface area contributed by atoms with Gasteiger partial charge in [0.1, 0.15) is 11.6 Å². The summed E-state index contributed by atoms with van der Waals surface area (Å²) in [7, 11) is 0. The lowest BCUT2D eigenvalue weighted by molar-refractivity contribution is 0.0713. The number of halogens is 1. The average Bonchev–Trinajstić information content (AvgIpc) is 2.87. The molecule has 1 saturated heterocycles. The molecule has 126 valence electrons. The molecule has 0 aliphatic carbocycles. The number of carbonyl (C=O) groups is 2. The molecule has 0 bridgehead atoms. The first-order chi connectivity index (χ1) is 11.5. The minimum absolute atomic E-state index is 0.151. The van der Waals surface area contributed by atoms with Crippen molar-refractivity contribution in [1.29, 1.82) is 0 Å². The molecule has 1 aliphatic rings. The van der Waals surface area contributed by atoms with Gasteiger partial charge >= 0.3 is 0 Å². The molecule has 0 unspecified atom stereocenters. The molecular formula is C17H18FN3O3. The number of aromatic nitrogens is 1. The molecular weight excluding hydrogens is 313 g/mol. The van der Waals surface area contributed by atoms with Gasteiger partial charge in [-0.3, -0.25) is 9.59 Å². The van der Waals surface area contributed by atoms with Crippen LogP contribution in [0.2, 0.25) is 0 Å². The monoisotopic (exact) mass is 331 g/mol. The summed E-state index contributed by atoms with van der Waals surface area (Å²) in [5, 5.41) is 3.75. The number of aryl methyl sites for hydroxylation is 1. The first kappa shape index (κ1) is 16.2. The maximum atomic E-state index is 13.0. The molecule has 0 atom stereocenters. The number of hydrogen-bond donors (Lipinski definition) is 0. The van der Waals surface area contributed by atoms with Gasteiger partial charge in [0.05, 0.1) is 0 Å². The highest BCUT2D eigenvalue weighted by atomic mass is 19.1. The van der Waals surface area contributed by atoms with E-state index in [1.807, 2.05) is 0 Å². The van der Waals surface area contributed by atoms with Crippen molar-refractivity contribution >= 4 is 11.8 Å². The Morgan fingerprint density at radius 2 is 1.67 bits per heavy atom. The summed E-state index contributed by atoms with van der Waals surface area (Å²) in [6.07, 6.45) is 0.676. The van der Waals surface area contributed by atoms with E-state index in [-0.39, 0.29) is 23.3 Å². The molecule has 0 radical (unpaired) electrons. The minimum atomic E-state index is -0.373. The van der Waals surface area contributed by atoms with Crippen molar-refractivity contribution in [3.05, 3.63) is 53.2 Å². The fourth-order valence-corrected chi connectivity index (χ4v) is 2.73. The molecule has 1 aromatic carbocycles. The highest BCUT2D eigenvalue weighted by molar-refractivity contribution is 5.94. The van der Waals surface area contributed by atoms with E-state index in [4.69, 9.17) is 4.52 Å². The molecule has 6 nitrogen and oxygen atoms in total. The summed E-state index contributed by atoms with van der Waals surface area (Å²) in [5.41, 5.74) is 0.731. The zero-order chi connectivity index (χ0) is 17.1. The van der Waals surface area contributed by atoms with E-state index in [2.05, 4.69) is 5.16 Å². The Balaban J connectivity index is 1.65. The summed E-state index contributed by atoms with van der Waals surface area (Å²) in [6, 6.07) is 7.10. The summed E-state index contributed by atoms with van der Waals surface area (Å²) in [6.45, 7) is 3.70. The lowest BCUT2D eigenvalue weighted by Gasteiger charge is -2.21. The van der Waals surface area contributed by atoms with E-state index in [0.717, 1.165) is 0 Å². The topological polar surface area (TPSA) is 66.7 Å². The van der Waals surface area contributed by atoms with Gasteiger partial charge in [-0.25, -0.2) is 4.39 Å². The SMILES string of the molecule is Cc1cc(C(=O)N2CCCN(C(=O)c3ccc(F)cc3)CC2)no1. The number of nitrogens with zero attached hydrogens (tertiary/aromatic N) is 3. The van der Waals surface area contributed by atoms with Crippen molar-refractivity contribution < 1.29 is 18.5 Å². The van der Waals surface area contributed by atoms with Crippen LogP contribution in [0, 0.1) is 12.7 Å². The smallest absolute Gasteiger partial charge is 0.276 e. The molecule has 2 heterocycles. The molecule has 2 aromatic rings. The van der Waals surface area contributed by atoms with Gasteiger partial charge in [-0.15, -0.1) is 0 Å². The minimum Gasteiger partial charge on any atom is -0.361 e. The van der Waals surface area contributed by atoms with Crippen LogP contribution in [0.4, 0.5) is 4.39 Å². The van der Waals surface area contributed by atoms with Gasteiger partial charge in [0, 0.05) is 37.8 Å². The van der Waals surface area contributed by atoms with Gasteiger partial charge in [0.2, 0.25) is 0 Å². The van der Waals surface area contributed by atoms with Crippen molar-refractivity contribution in [3.63, 3.8) is 0 Å². The largest absolute Gasteiger partial charge is 0.361 e. The highest BCUT2D eigenvalue weighted by Gasteiger charge is 2.25. The van der Waals surface area contributed by atoms with Gasteiger partial charge in [0.15, 0.2) is 5.69 Å². The zero-order valence-electron chi connectivity index (χ0n) is 13.4. The molecule has 7 heteroatoms. The average molecular weight is 331 g/mol. The Morgan fingerprint density at radius 3 is 2.25 bits per heavy atom. The summed E-state index contributed by atoms with van der Waals surface area (Å²) < 4.78 is 17.9. The van der Waals surface area contributed by atoms with Crippen molar-refractivity contribution in [2.75, 3.05) is 26.2 Å². The number of amides is 2. The molecule has 24 heavy (non-hydrogen) atoms. The Hall–Kier alpha value is -2.70. The van der Waals surface area contributed by atoms with E-state index in [9.17, 15) is 14.0 Å². The van der Waals surface area contributed by atoms with Crippen LogP contribution in [0.15, 0.2) is 34.9 Å². The quantitative estimate of drug-likeness (QED) is 0.845. The van der Waals surface area contributed by atoms with E-state index in [1.54, 1.807) is 22.8 Å². The van der Waals surface area contributed by atoms with Crippen LogP contribution < -0.4 is 0 Å². The van der Waals surface area contributed by atoms with Crippen LogP contribution in [0.3, 0.4) is 0 Å². The fraction of sp³-hybridized carbons (Fsp3) is 0.353.